The van der Waals surface area contributed by atoms with Crippen molar-refractivity contribution in [2.75, 3.05) is 19.6 Å². The van der Waals surface area contributed by atoms with Crippen LogP contribution in [-0.2, 0) is 14.3 Å². The van der Waals surface area contributed by atoms with Crippen LogP contribution >= 0.6 is 0 Å². The fourth-order valence-corrected chi connectivity index (χ4v) is 2.27. The second kappa shape index (κ2) is 7.63. The van der Waals surface area contributed by atoms with Crippen LogP contribution in [0.3, 0.4) is 0 Å². The molecule has 7 heteroatoms. The lowest BCUT2D eigenvalue weighted by molar-refractivity contribution is -0.158. The van der Waals surface area contributed by atoms with Gasteiger partial charge in [-0.05, 0) is 31.9 Å². The van der Waals surface area contributed by atoms with Crippen LogP contribution in [0.25, 0.3) is 0 Å². The number of ether oxygens (including phenoxy) is 1. The Labute approximate surface area is 128 Å². The molecule has 0 spiro atoms. The molecule has 0 saturated carbocycles. The number of hydrogen-bond acceptors (Lipinski definition) is 5. The van der Waals surface area contributed by atoms with Gasteiger partial charge in [-0.1, -0.05) is 0 Å². The second-order valence-corrected chi connectivity index (χ2v) is 5.15. The maximum absolute atomic E-state index is 12.0. The molecule has 22 heavy (non-hydrogen) atoms. The summed E-state index contributed by atoms with van der Waals surface area (Å²) in [4.78, 5) is 36.9. The van der Waals surface area contributed by atoms with Crippen LogP contribution < -0.4 is 5.32 Å². The van der Waals surface area contributed by atoms with E-state index in [2.05, 4.69) is 5.32 Å². The van der Waals surface area contributed by atoms with Gasteiger partial charge in [-0.15, -0.1) is 0 Å². The van der Waals surface area contributed by atoms with E-state index in [1.54, 1.807) is 17.9 Å². The Hall–Kier alpha value is -2.31. The summed E-state index contributed by atoms with van der Waals surface area (Å²) in [7, 11) is 0. The molecular formula is C15H20N2O5. The molecule has 1 aliphatic heterocycles. The molecule has 2 rings (SSSR count). The number of likely N-dealkylation sites (tertiary alicyclic amines) is 1. The molecule has 1 saturated heterocycles. The summed E-state index contributed by atoms with van der Waals surface area (Å²) in [6.07, 6.45) is 2.60. The molecule has 0 radical (unpaired) electrons. The molecule has 0 bridgehead atoms. The Balaban J connectivity index is 1.66. The maximum Gasteiger partial charge on any atom is 0.308 e. The Bertz CT molecular complexity index is 520. The van der Waals surface area contributed by atoms with E-state index in [0.717, 1.165) is 25.9 Å². The number of esters is 1. The Morgan fingerprint density at radius 3 is 2.73 bits per heavy atom. The smallest absolute Gasteiger partial charge is 0.308 e. The van der Waals surface area contributed by atoms with E-state index in [0.29, 0.717) is 0 Å². The van der Waals surface area contributed by atoms with Crippen molar-refractivity contribution in [2.45, 2.75) is 32.3 Å². The molecular weight excluding hydrogens is 288 g/mol. The van der Waals surface area contributed by atoms with Crippen molar-refractivity contribution in [2.24, 2.45) is 0 Å². The molecule has 1 aromatic heterocycles. The zero-order valence-electron chi connectivity index (χ0n) is 12.5. The summed E-state index contributed by atoms with van der Waals surface area (Å²) in [5.74, 6) is -0.879. The molecule has 0 aromatic carbocycles. The third kappa shape index (κ3) is 4.34. The van der Waals surface area contributed by atoms with Gasteiger partial charge >= 0.3 is 5.97 Å². The zero-order valence-corrected chi connectivity index (χ0v) is 12.5. The van der Waals surface area contributed by atoms with Crippen LogP contribution in [0.2, 0.25) is 0 Å². The highest BCUT2D eigenvalue weighted by atomic mass is 16.5. The molecule has 1 fully saturated rings. The summed E-state index contributed by atoms with van der Waals surface area (Å²) in [6, 6.07) is 3.14. The molecule has 2 amide bonds. The van der Waals surface area contributed by atoms with Crippen LogP contribution in [-0.4, -0.2) is 48.4 Å². The van der Waals surface area contributed by atoms with Crippen LogP contribution in [0.1, 0.15) is 36.7 Å². The van der Waals surface area contributed by atoms with Crippen molar-refractivity contribution >= 4 is 17.8 Å². The first-order valence-corrected chi connectivity index (χ1v) is 7.38. The molecule has 1 N–H and O–H groups in total. The maximum atomic E-state index is 12.0. The highest BCUT2D eigenvalue weighted by molar-refractivity contribution is 5.91. The van der Waals surface area contributed by atoms with Gasteiger partial charge in [0.05, 0.1) is 12.7 Å². The lowest BCUT2D eigenvalue weighted by atomic mass is 10.3. The number of amides is 2. The number of nitrogens with zero attached hydrogens (tertiary/aromatic N) is 1. The first-order valence-electron chi connectivity index (χ1n) is 7.38. The van der Waals surface area contributed by atoms with Gasteiger partial charge < -0.3 is 19.4 Å². The van der Waals surface area contributed by atoms with Crippen LogP contribution in [0.15, 0.2) is 22.8 Å². The lowest BCUT2D eigenvalue weighted by Gasteiger charge is -2.20. The third-order valence-electron chi connectivity index (χ3n) is 3.43. The Kier molecular flexibility index (Phi) is 5.57. The van der Waals surface area contributed by atoms with Crippen molar-refractivity contribution in [1.29, 1.82) is 0 Å². The predicted octanol–water partition coefficient (Wildman–Crippen LogP) is 0.954. The van der Waals surface area contributed by atoms with Gasteiger partial charge in [0.2, 0.25) is 0 Å². The monoisotopic (exact) mass is 308 g/mol. The largest absolute Gasteiger partial charge is 0.459 e. The Morgan fingerprint density at radius 2 is 2.09 bits per heavy atom. The topological polar surface area (TPSA) is 88.8 Å². The van der Waals surface area contributed by atoms with E-state index in [1.807, 2.05) is 0 Å². The first-order chi connectivity index (χ1) is 10.6. The van der Waals surface area contributed by atoms with E-state index in [-0.39, 0.29) is 30.5 Å². The molecule has 7 nitrogen and oxygen atoms in total. The number of rotatable bonds is 6. The van der Waals surface area contributed by atoms with Crippen molar-refractivity contribution in [1.82, 2.24) is 10.2 Å². The number of carbonyl (C=O) groups excluding carboxylic acids is 3. The van der Waals surface area contributed by atoms with Gasteiger partial charge in [-0.3, -0.25) is 14.4 Å². The van der Waals surface area contributed by atoms with Crippen LogP contribution in [0, 0.1) is 0 Å². The fraction of sp³-hybridized carbons (Fsp3) is 0.533. The average molecular weight is 308 g/mol. The Morgan fingerprint density at radius 1 is 1.36 bits per heavy atom. The minimum atomic E-state index is -0.786. The van der Waals surface area contributed by atoms with Gasteiger partial charge in [0, 0.05) is 19.6 Å². The molecule has 1 atom stereocenters. The van der Waals surface area contributed by atoms with Gasteiger partial charge in [0.15, 0.2) is 11.9 Å². The van der Waals surface area contributed by atoms with Gasteiger partial charge in [-0.2, -0.15) is 0 Å². The molecule has 0 unspecified atom stereocenters. The fourth-order valence-electron chi connectivity index (χ4n) is 2.27. The summed E-state index contributed by atoms with van der Waals surface area (Å²) in [6.45, 7) is 3.14. The lowest BCUT2D eigenvalue weighted by Crippen LogP contribution is -2.38. The molecule has 0 aliphatic carbocycles. The van der Waals surface area contributed by atoms with Crippen molar-refractivity contribution in [3.05, 3.63) is 24.2 Å². The normalized spacial score (nSPS) is 15.4. The minimum Gasteiger partial charge on any atom is -0.459 e. The number of nitrogens with one attached hydrogen (secondary N) is 1. The number of hydrogen-bond donors (Lipinski definition) is 1. The zero-order chi connectivity index (χ0) is 15.9. The number of carbonyl (C=O) groups is 3. The summed E-state index contributed by atoms with van der Waals surface area (Å²) in [5.41, 5.74) is 0. The molecule has 120 valence electrons. The van der Waals surface area contributed by atoms with Crippen molar-refractivity contribution < 1.29 is 23.5 Å². The van der Waals surface area contributed by atoms with E-state index < -0.39 is 12.1 Å². The highest BCUT2D eigenvalue weighted by Crippen LogP contribution is 2.10. The number of furan rings is 1. The van der Waals surface area contributed by atoms with E-state index in [9.17, 15) is 14.4 Å². The average Bonchev–Trinajstić information content (AvgIpc) is 3.19. The summed E-state index contributed by atoms with van der Waals surface area (Å²) in [5, 5.41) is 2.54. The van der Waals surface area contributed by atoms with E-state index in [1.165, 1.54) is 12.3 Å². The molecule has 2 heterocycles. The molecule has 1 aromatic rings. The highest BCUT2D eigenvalue weighted by Gasteiger charge is 2.25. The predicted molar refractivity (Wildman–Crippen MR) is 77.0 cm³/mol. The van der Waals surface area contributed by atoms with Gasteiger partial charge in [0.1, 0.15) is 0 Å². The molecule has 1 aliphatic rings. The van der Waals surface area contributed by atoms with Gasteiger partial charge in [0.25, 0.3) is 11.8 Å². The van der Waals surface area contributed by atoms with Crippen molar-refractivity contribution in [3.8, 4) is 0 Å². The van der Waals surface area contributed by atoms with Gasteiger partial charge in [-0.25, -0.2) is 0 Å². The van der Waals surface area contributed by atoms with Crippen molar-refractivity contribution in [3.63, 3.8) is 0 Å². The van der Waals surface area contributed by atoms with Crippen LogP contribution in [0.4, 0.5) is 0 Å². The quantitative estimate of drug-likeness (QED) is 0.791. The van der Waals surface area contributed by atoms with Crippen LogP contribution in [0.5, 0.6) is 0 Å². The second-order valence-electron chi connectivity index (χ2n) is 5.15. The first kappa shape index (κ1) is 16.1. The minimum absolute atomic E-state index is 0.00404. The van der Waals surface area contributed by atoms with E-state index >= 15 is 0 Å². The third-order valence-corrected chi connectivity index (χ3v) is 3.43. The SMILES string of the molecule is C[C@@H](OC(=O)CCNC(=O)c1ccco1)C(=O)N1CCCC1. The standard InChI is InChI=1S/C15H20N2O5/c1-11(15(20)17-8-2-3-9-17)22-13(18)6-7-16-14(19)12-5-4-10-21-12/h4-5,10-11H,2-3,6-9H2,1H3,(H,16,19)/t11-/m1/s1. The van der Waals surface area contributed by atoms with E-state index in [4.69, 9.17) is 9.15 Å². The summed E-state index contributed by atoms with van der Waals surface area (Å²) < 4.78 is 10.0. The summed E-state index contributed by atoms with van der Waals surface area (Å²) >= 11 is 0.